The van der Waals surface area contributed by atoms with Crippen molar-refractivity contribution in [1.29, 1.82) is 0 Å². The Morgan fingerprint density at radius 2 is 2.00 bits per heavy atom. The highest BCUT2D eigenvalue weighted by molar-refractivity contribution is 5.97. The van der Waals surface area contributed by atoms with E-state index >= 15 is 0 Å². The molecule has 1 saturated carbocycles. The van der Waals surface area contributed by atoms with Gasteiger partial charge in [-0.2, -0.15) is 0 Å². The number of rotatable bonds is 6. The van der Waals surface area contributed by atoms with Gasteiger partial charge in [-0.15, -0.1) is 0 Å². The van der Waals surface area contributed by atoms with Crippen LogP contribution >= 0.6 is 0 Å². The molecule has 1 atom stereocenters. The monoisotopic (exact) mass is 416 g/mol. The van der Waals surface area contributed by atoms with Crippen LogP contribution in [0.1, 0.15) is 34.3 Å². The molecule has 2 N–H and O–H groups in total. The largest absolute Gasteiger partial charge is 0.492 e. The van der Waals surface area contributed by atoms with Crippen LogP contribution in [0, 0.1) is 6.92 Å². The maximum atomic E-state index is 13.3. The molecule has 1 aliphatic heterocycles. The van der Waals surface area contributed by atoms with E-state index in [1.165, 1.54) is 16.3 Å². The number of ether oxygens (including phenoxy) is 2. The Morgan fingerprint density at radius 1 is 1.16 bits per heavy atom. The van der Waals surface area contributed by atoms with E-state index in [1.54, 1.807) is 0 Å². The number of aryl methyl sites for hydroxylation is 1. The van der Waals surface area contributed by atoms with E-state index in [-0.39, 0.29) is 17.5 Å². The van der Waals surface area contributed by atoms with Crippen molar-refractivity contribution in [1.82, 2.24) is 10.6 Å². The lowest BCUT2D eigenvalue weighted by Gasteiger charge is -2.24. The molecule has 5 nitrogen and oxygen atoms in total. The molecule has 1 unspecified atom stereocenters. The number of carbonyl (C=O) groups excluding carboxylic acids is 1. The van der Waals surface area contributed by atoms with Gasteiger partial charge in [0.1, 0.15) is 12.4 Å². The maximum Gasteiger partial charge on any atom is 0.252 e. The van der Waals surface area contributed by atoms with Gasteiger partial charge < -0.3 is 20.1 Å². The van der Waals surface area contributed by atoms with Gasteiger partial charge in [0.05, 0.1) is 24.8 Å². The van der Waals surface area contributed by atoms with E-state index in [2.05, 4.69) is 47.0 Å². The van der Waals surface area contributed by atoms with Crippen LogP contribution in [0.2, 0.25) is 0 Å². The van der Waals surface area contributed by atoms with Gasteiger partial charge in [0.25, 0.3) is 5.91 Å². The summed E-state index contributed by atoms with van der Waals surface area (Å²) in [5.74, 6) is 0.658. The molecule has 1 amide bonds. The molecule has 1 saturated heterocycles. The van der Waals surface area contributed by atoms with Crippen molar-refractivity contribution in [3.8, 4) is 5.75 Å². The van der Waals surface area contributed by atoms with Crippen LogP contribution in [0.4, 0.5) is 0 Å². The van der Waals surface area contributed by atoms with Crippen LogP contribution in [0.15, 0.2) is 60.7 Å². The average molecular weight is 417 g/mol. The Labute approximate surface area is 182 Å². The molecule has 0 spiro atoms. The van der Waals surface area contributed by atoms with Gasteiger partial charge in [-0.1, -0.05) is 48.5 Å². The predicted molar refractivity (Wildman–Crippen MR) is 122 cm³/mol. The lowest BCUT2D eigenvalue weighted by molar-refractivity contribution is 0.0592. The number of hydrogen-bond acceptors (Lipinski definition) is 4. The molecule has 2 aliphatic rings. The van der Waals surface area contributed by atoms with E-state index in [4.69, 9.17) is 9.47 Å². The number of fused-ring (bicyclic) bond motifs is 1. The Hall–Kier alpha value is -2.89. The summed E-state index contributed by atoms with van der Waals surface area (Å²) in [6, 6.07) is 20.6. The minimum absolute atomic E-state index is 0.0486. The summed E-state index contributed by atoms with van der Waals surface area (Å²) in [5, 5.41) is 9.13. The van der Waals surface area contributed by atoms with Crippen molar-refractivity contribution in [2.45, 2.75) is 31.3 Å². The zero-order valence-electron chi connectivity index (χ0n) is 17.8. The molecule has 3 aromatic carbocycles. The van der Waals surface area contributed by atoms with Gasteiger partial charge in [0.2, 0.25) is 0 Å². The minimum Gasteiger partial charge on any atom is -0.492 e. The fraction of sp³-hybridized carbons (Fsp3) is 0.346. The van der Waals surface area contributed by atoms with Gasteiger partial charge in [-0.25, -0.2) is 0 Å². The lowest BCUT2D eigenvalue weighted by atomic mass is 9.96. The van der Waals surface area contributed by atoms with E-state index in [0.29, 0.717) is 24.5 Å². The van der Waals surface area contributed by atoms with E-state index in [1.807, 2.05) is 31.2 Å². The average Bonchev–Trinajstić information content (AvgIpc) is 3.59. The fourth-order valence-electron chi connectivity index (χ4n) is 4.37. The summed E-state index contributed by atoms with van der Waals surface area (Å²) in [6.45, 7) is 4.71. The maximum absolute atomic E-state index is 13.3. The summed E-state index contributed by atoms with van der Waals surface area (Å²) in [6.07, 6.45) is 1.91. The third-order valence-electron chi connectivity index (χ3n) is 6.31. The summed E-state index contributed by atoms with van der Waals surface area (Å²) in [4.78, 5) is 13.3. The fourth-order valence-corrected chi connectivity index (χ4v) is 4.37. The van der Waals surface area contributed by atoms with Crippen LogP contribution in [-0.4, -0.2) is 38.3 Å². The summed E-state index contributed by atoms with van der Waals surface area (Å²) in [5.41, 5.74) is 2.52. The van der Waals surface area contributed by atoms with Crippen LogP contribution in [0.25, 0.3) is 10.8 Å². The third-order valence-corrected chi connectivity index (χ3v) is 6.31. The molecule has 5 heteroatoms. The molecule has 0 bridgehead atoms. The molecular formula is C26H28N2O3. The van der Waals surface area contributed by atoms with Crippen LogP contribution in [0.3, 0.4) is 0 Å². The molecule has 5 rings (SSSR count). The van der Waals surface area contributed by atoms with Crippen LogP contribution in [-0.2, 0) is 10.3 Å². The van der Waals surface area contributed by atoms with Gasteiger partial charge in [-0.05, 0) is 53.8 Å². The second kappa shape index (κ2) is 8.33. The van der Waals surface area contributed by atoms with Gasteiger partial charge in [0, 0.05) is 12.1 Å². The van der Waals surface area contributed by atoms with Crippen molar-refractivity contribution >= 4 is 16.7 Å². The van der Waals surface area contributed by atoms with E-state index in [9.17, 15) is 4.79 Å². The van der Waals surface area contributed by atoms with Crippen LogP contribution < -0.4 is 15.4 Å². The zero-order valence-corrected chi connectivity index (χ0v) is 17.8. The Bertz CT molecular complexity index is 1100. The summed E-state index contributed by atoms with van der Waals surface area (Å²) >= 11 is 0. The second-order valence-corrected chi connectivity index (χ2v) is 8.58. The topological polar surface area (TPSA) is 59.6 Å². The van der Waals surface area contributed by atoms with Crippen molar-refractivity contribution < 1.29 is 14.3 Å². The highest BCUT2D eigenvalue weighted by Gasteiger charge is 2.46. The quantitative estimate of drug-likeness (QED) is 0.639. The van der Waals surface area contributed by atoms with Crippen molar-refractivity contribution in [3.63, 3.8) is 0 Å². The molecule has 2 fully saturated rings. The first-order chi connectivity index (χ1) is 15.1. The first kappa shape index (κ1) is 20.0. The Morgan fingerprint density at radius 3 is 2.81 bits per heavy atom. The van der Waals surface area contributed by atoms with Crippen LogP contribution in [0.5, 0.6) is 5.75 Å². The molecule has 1 aliphatic carbocycles. The standard InChI is InChI=1S/C26H28N2O3/c1-18-9-10-21(31-17-20-16-30-14-13-27-20)15-23(18)25(29)28-26(11-12-26)24-8-4-6-19-5-2-3-7-22(19)24/h2-10,15,20,27H,11-14,16-17H2,1H3,(H,28,29). The molecule has 31 heavy (non-hydrogen) atoms. The number of carbonyl (C=O) groups is 1. The first-order valence-electron chi connectivity index (χ1n) is 11.0. The second-order valence-electron chi connectivity index (χ2n) is 8.58. The van der Waals surface area contributed by atoms with Crippen molar-refractivity contribution in [2.24, 2.45) is 0 Å². The number of benzene rings is 3. The number of morpholine rings is 1. The summed E-state index contributed by atoms with van der Waals surface area (Å²) < 4.78 is 11.4. The first-order valence-corrected chi connectivity index (χ1v) is 11.0. The Balaban J connectivity index is 1.34. The van der Waals surface area contributed by atoms with Gasteiger partial charge in [0.15, 0.2) is 0 Å². The highest BCUT2D eigenvalue weighted by Crippen LogP contribution is 2.48. The molecule has 0 radical (unpaired) electrons. The highest BCUT2D eigenvalue weighted by atomic mass is 16.5. The van der Waals surface area contributed by atoms with Crippen molar-refractivity contribution in [2.75, 3.05) is 26.4 Å². The zero-order chi connectivity index (χ0) is 21.3. The third kappa shape index (κ3) is 4.16. The Kier molecular flexibility index (Phi) is 5.38. The number of nitrogens with one attached hydrogen (secondary N) is 2. The molecule has 3 aromatic rings. The molecule has 0 aromatic heterocycles. The SMILES string of the molecule is Cc1ccc(OCC2COCCN2)cc1C(=O)NC1(c2cccc3ccccc23)CC1. The van der Waals surface area contributed by atoms with Gasteiger partial charge >= 0.3 is 0 Å². The smallest absolute Gasteiger partial charge is 0.252 e. The summed E-state index contributed by atoms with van der Waals surface area (Å²) in [7, 11) is 0. The van der Waals surface area contributed by atoms with E-state index < -0.39 is 0 Å². The van der Waals surface area contributed by atoms with Gasteiger partial charge in [-0.3, -0.25) is 4.79 Å². The lowest BCUT2D eigenvalue weighted by Crippen LogP contribution is -2.44. The number of hydrogen-bond donors (Lipinski definition) is 2. The molecule has 1 heterocycles. The molecule has 160 valence electrons. The minimum atomic E-state index is -0.287. The van der Waals surface area contributed by atoms with E-state index in [0.717, 1.165) is 31.6 Å². The molecular weight excluding hydrogens is 388 g/mol. The predicted octanol–water partition coefficient (Wildman–Crippen LogP) is 3.93. The normalized spacial score (nSPS) is 19.7. The van der Waals surface area contributed by atoms with Crippen molar-refractivity contribution in [3.05, 3.63) is 77.4 Å². The number of amides is 1.